The molecule has 5 nitrogen and oxygen atoms in total. The number of pyridine rings is 1. The zero-order valence-corrected chi connectivity index (χ0v) is 15.4. The third-order valence-electron chi connectivity index (χ3n) is 3.98. The smallest absolute Gasteiger partial charge is 0.250 e. The number of carbonyl (C=O) groups excluding carboxylic acids is 1. The molecule has 26 heavy (non-hydrogen) atoms. The molecule has 2 aromatic heterocycles. The lowest BCUT2D eigenvalue weighted by Gasteiger charge is -2.15. The van der Waals surface area contributed by atoms with Crippen LogP contribution >= 0.6 is 11.3 Å². The Morgan fingerprint density at radius 3 is 2.58 bits per heavy atom. The molecule has 0 bridgehead atoms. The highest BCUT2D eigenvalue weighted by Crippen LogP contribution is 2.20. The number of rotatable bonds is 8. The first kappa shape index (κ1) is 18.1. The maximum absolute atomic E-state index is 11.0. The van der Waals surface area contributed by atoms with Crippen LogP contribution in [0, 0.1) is 0 Å². The Morgan fingerprint density at radius 2 is 1.96 bits per heavy atom. The second kappa shape index (κ2) is 8.60. The van der Waals surface area contributed by atoms with Crippen LogP contribution in [0.15, 0.2) is 59.4 Å². The summed E-state index contributed by atoms with van der Waals surface area (Å²) in [6.45, 7) is 1.96. The highest BCUT2D eigenvalue weighted by atomic mass is 32.1. The zero-order chi connectivity index (χ0) is 18.4. The molecular weight excluding hydrogens is 346 g/mol. The molecule has 0 saturated carbocycles. The molecule has 0 aliphatic rings. The number of benzene rings is 1. The van der Waals surface area contributed by atoms with Gasteiger partial charge in [0.05, 0.1) is 5.56 Å². The molecule has 0 aliphatic carbocycles. The Hall–Kier alpha value is -2.70. The van der Waals surface area contributed by atoms with Crippen LogP contribution in [0.1, 0.15) is 21.5 Å². The van der Waals surface area contributed by atoms with Gasteiger partial charge in [0, 0.05) is 25.4 Å². The predicted octanol–water partition coefficient (Wildman–Crippen LogP) is 3.71. The van der Waals surface area contributed by atoms with E-state index in [0.29, 0.717) is 17.2 Å². The van der Waals surface area contributed by atoms with Crippen LogP contribution in [0.4, 0.5) is 0 Å². The lowest BCUT2D eigenvalue weighted by atomic mass is 10.1. The highest BCUT2D eigenvalue weighted by molar-refractivity contribution is 7.07. The number of likely N-dealkylation sites (N-methyl/N-ethyl adjacent to an activating group) is 1. The molecule has 0 unspecified atom stereocenters. The van der Waals surface area contributed by atoms with E-state index in [1.165, 1.54) is 17.3 Å². The molecule has 2 heterocycles. The summed E-state index contributed by atoms with van der Waals surface area (Å²) in [6, 6.07) is 13.4. The van der Waals surface area contributed by atoms with Crippen molar-refractivity contribution in [1.82, 2.24) is 9.88 Å². The molecule has 0 atom stereocenters. The Bertz CT molecular complexity index is 831. The van der Waals surface area contributed by atoms with Gasteiger partial charge in [-0.05, 0) is 59.6 Å². The van der Waals surface area contributed by atoms with Crippen LogP contribution in [0.3, 0.4) is 0 Å². The van der Waals surface area contributed by atoms with E-state index < -0.39 is 5.91 Å². The summed E-state index contributed by atoms with van der Waals surface area (Å²) < 4.78 is 5.69. The van der Waals surface area contributed by atoms with Crippen molar-refractivity contribution in [3.63, 3.8) is 0 Å². The van der Waals surface area contributed by atoms with Gasteiger partial charge >= 0.3 is 0 Å². The molecule has 0 spiro atoms. The second-order valence-electron chi connectivity index (χ2n) is 6.11. The Kier molecular flexibility index (Phi) is 5.99. The number of nitrogens with two attached hydrogens (primary N) is 1. The summed E-state index contributed by atoms with van der Waals surface area (Å²) in [6.07, 6.45) is 2.39. The molecule has 134 valence electrons. The largest absolute Gasteiger partial charge is 0.439 e. The van der Waals surface area contributed by atoms with Gasteiger partial charge in [0.25, 0.3) is 0 Å². The van der Waals surface area contributed by atoms with Crippen LogP contribution < -0.4 is 10.5 Å². The maximum Gasteiger partial charge on any atom is 0.250 e. The van der Waals surface area contributed by atoms with E-state index in [0.717, 1.165) is 19.5 Å². The number of carbonyl (C=O) groups is 1. The second-order valence-corrected chi connectivity index (χ2v) is 6.89. The summed E-state index contributed by atoms with van der Waals surface area (Å²) in [4.78, 5) is 17.4. The molecule has 1 amide bonds. The molecule has 6 heteroatoms. The number of nitrogens with zero attached hydrogens (tertiary/aromatic N) is 2. The quantitative estimate of drug-likeness (QED) is 0.659. The number of hydrogen-bond donors (Lipinski definition) is 1. The first-order valence-electron chi connectivity index (χ1n) is 8.32. The van der Waals surface area contributed by atoms with Gasteiger partial charge in [-0.2, -0.15) is 11.3 Å². The van der Waals surface area contributed by atoms with E-state index in [1.54, 1.807) is 23.5 Å². The summed E-state index contributed by atoms with van der Waals surface area (Å²) >= 11 is 1.73. The molecule has 0 radical (unpaired) electrons. The predicted molar refractivity (Wildman–Crippen MR) is 104 cm³/mol. The van der Waals surface area contributed by atoms with Crippen molar-refractivity contribution >= 4 is 17.2 Å². The van der Waals surface area contributed by atoms with E-state index in [2.05, 4.69) is 45.9 Å². The van der Waals surface area contributed by atoms with Crippen LogP contribution in [0.2, 0.25) is 0 Å². The topological polar surface area (TPSA) is 68.5 Å². The van der Waals surface area contributed by atoms with Crippen molar-refractivity contribution in [2.75, 3.05) is 13.6 Å². The van der Waals surface area contributed by atoms with Gasteiger partial charge in [0.15, 0.2) is 0 Å². The SMILES string of the molecule is CN(CCc1ccc(Oc2ccc(C(N)=O)cn2)cc1)Cc1ccsc1. The number of amides is 1. The van der Waals surface area contributed by atoms with E-state index >= 15 is 0 Å². The average Bonchev–Trinajstić information content (AvgIpc) is 3.14. The fourth-order valence-electron chi connectivity index (χ4n) is 2.52. The number of aromatic nitrogens is 1. The Morgan fingerprint density at radius 1 is 1.15 bits per heavy atom. The molecule has 3 rings (SSSR count). The van der Waals surface area contributed by atoms with Crippen molar-refractivity contribution in [2.45, 2.75) is 13.0 Å². The minimum Gasteiger partial charge on any atom is -0.439 e. The van der Waals surface area contributed by atoms with Crippen molar-refractivity contribution in [1.29, 1.82) is 0 Å². The Balaban J connectivity index is 1.50. The van der Waals surface area contributed by atoms with E-state index in [9.17, 15) is 4.79 Å². The lowest BCUT2D eigenvalue weighted by molar-refractivity contribution is 0.1000. The lowest BCUT2D eigenvalue weighted by Crippen LogP contribution is -2.20. The van der Waals surface area contributed by atoms with E-state index in [1.807, 2.05) is 12.1 Å². The average molecular weight is 367 g/mol. The van der Waals surface area contributed by atoms with Gasteiger partial charge in [-0.3, -0.25) is 4.79 Å². The standard InChI is InChI=1S/C20H21N3O2S/c1-23(13-16-9-11-26-14-16)10-8-15-2-5-18(6-3-15)25-19-7-4-17(12-22-19)20(21)24/h2-7,9,11-12,14H,8,10,13H2,1H3,(H2,21,24). The fraction of sp³-hybridized carbons (Fsp3) is 0.200. The summed E-state index contributed by atoms with van der Waals surface area (Å²) in [7, 11) is 2.14. The fourth-order valence-corrected chi connectivity index (χ4v) is 3.18. The number of thiophene rings is 1. The summed E-state index contributed by atoms with van der Waals surface area (Å²) in [5, 5.41) is 4.30. The van der Waals surface area contributed by atoms with Crippen molar-refractivity contribution < 1.29 is 9.53 Å². The van der Waals surface area contributed by atoms with Gasteiger partial charge in [-0.15, -0.1) is 0 Å². The number of hydrogen-bond acceptors (Lipinski definition) is 5. The van der Waals surface area contributed by atoms with Gasteiger partial charge in [-0.1, -0.05) is 12.1 Å². The highest BCUT2D eigenvalue weighted by Gasteiger charge is 2.04. The van der Waals surface area contributed by atoms with Gasteiger partial charge in [0.2, 0.25) is 11.8 Å². The van der Waals surface area contributed by atoms with E-state index in [4.69, 9.17) is 10.5 Å². The maximum atomic E-state index is 11.0. The molecule has 3 aromatic rings. The molecule has 0 fully saturated rings. The zero-order valence-electron chi connectivity index (χ0n) is 14.6. The monoisotopic (exact) mass is 367 g/mol. The number of primary amides is 1. The molecule has 1 aromatic carbocycles. The van der Waals surface area contributed by atoms with Crippen molar-refractivity contribution in [3.05, 3.63) is 76.1 Å². The van der Waals surface area contributed by atoms with Gasteiger partial charge in [-0.25, -0.2) is 4.98 Å². The third kappa shape index (κ3) is 5.15. The first-order valence-corrected chi connectivity index (χ1v) is 9.27. The van der Waals surface area contributed by atoms with Gasteiger partial charge < -0.3 is 15.4 Å². The summed E-state index contributed by atoms with van der Waals surface area (Å²) in [5.41, 5.74) is 8.17. The van der Waals surface area contributed by atoms with E-state index in [-0.39, 0.29) is 0 Å². The first-order chi connectivity index (χ1) is 12.6. The molecular formula is C20H21N3O2S. The van der Waals surface area contributed by atoms with Crippen molar-refractivity contribution in [2.24, 2.45) is 5.73 Å². The van der Waals surface area contributed by atoms with Crippen LogP contribution in [-0.4, -0.2) is 29.4 Å². The molecule has 2 N–H and O–H groups in total. The van der Waals surface area contributed by atoms with Crippen LogP contribution in [-0.2, 0) is 13.0 Å². The van der Waals surface area contributed by atoms with Gasteiger partial charge in [0.1, 0.15) is 5.75 Å². The summed E-state index contributed by atoms with van der Waals surface area (Å²) in [5.74, 6) is 0.635. The van der Waals surface area contributed by atoms with Crippen molar-refractivity contribution in [3.8, 4) is 11.6 Å². The Labute approximate surface area is 157 Å². The third-order valence-corrected chi connectivity index (χ3v) is 4.71. The number of ether oxygens (including phenoxy) is 1. The van der Waals surface area contributed by atoms with Crippen LogP contribution in [0.5, 0.6) is 11.6 Å². The molecule has 0 aliphatic heterocycles. The normalized spacial score (nSPS) is 10.8. The minimum absolute atomic E-state index is 0.360. The minimum atomic E-state index is -0.502. The van der Waals surface area contributed by atoms with Crippen LogP contribution in [0.25, 0.3) is 0 Å². The molecule has 0 saturated heterocycles.